The number of hydrogen-bond donors (Lipinski definition) is 1. The van der Waals surface area contributed by atoms with Crippen LogP contribution >= 0.6 is 0 Å². The van der Waals surface area contributed by atoms with Gasteiger partial charge in [-0.2, -0.15) is 0 Å². The molecule has 0 saturated carbocycles. The SMILES string of the molecule is Cc1cc(C)c(C)c(-c2cc(C(=O)O)no2)c1C. The van der Waals surface area contributed by atoms with E-state index in [-0.39, 0.29) is 5.69 Å². The second-order valence-electron chi connectivity index (χ2n) is 4.52. The zero-order valence-corrected chi connectivity index (χ0v) is 10.9. The van der Waals surface area contributed by atoms with Gasteiger partial charge in [0.2, 0.25) is 0 Å². The average Bonchev–Trinajstić information content (AvgIpc) is 2.76. The van der Waals surface area contributed by atoms with Crippen molar-refractivity contribution in [1.29, 1.82) is 0 Å². The Morgan fingerprint density at radius 1 is 1.11 bits per heavy atom. The number of carboxylic acids is 1. The molecule has 0 atom stereocenters. The van der Waals surface area contributed by atoms with Crippen molar-refractivity contribution < 1.29 is 14.4 Å². The molecule has 0 unspecified atom stereocenters. The highest BCUT2D eigenvalue weighted by Crippen LogP contribution is 2.31. The number of aromatic nitrogens is 1. The largest absolute Gasteiger partial charge is 0.476 e. The smallest absolute Gasteiger partial charge is 0.358 e. The van der Waals surface area contributed by atoms with Gasteiger partial charge in [0.15, 0.2) is 11.5 Å². The zero-order valence-electron chi connectivity index (χ0n) is 10.9. The number of carbonyl (C=O) groups is 1. The molecule has 4 nitrogen and oxygen atoms in total. The molecule has 1 N–H and O–H groups in total. The van der Waals surface area contributed by atoms with Gasteiger partial charge in [0, 0.05) is 11.6 Å². The van der Waals surface area contributed by atoms with Gasteiger partial charge in [-0.15, -0.1) is 0 Å². The van der Waals surface area contributed by atoms with Crippen molar-refractivity contribution in [1.82, 2.24) is 5.16 Å². The van der Waals surface area contributed by atoms with Crippen LogP contribution in [0.25, 0.3) is 11.3 Å². The van der Waals surface area contributed by atoms with Gasteiger partial charge >= 0.3 is 5.97 Å². The van der Waals surface area contributed by atoms with Gasteiger partial charge in [-0.25, -0.2) is 4.79 Å². The Labute approximate surface area is 105 Å². The first kappa shape index (κ1) is 12.4. The topological polar surface area (TPSA) is 63.3 Å². The normalized spacial score (nSPS) is 10.7. The van der Waals surface area contributed by atoms with Crippen LogP contribution in [0, 0.1) is 27.7 Å². The fraction of sp³-hybridized carbons (Fsp3) is 0.286. The van der Waals surface area contributed by atoms with E-state index in [1.807, 2.05) is 27.7 Å². The van der Waals surface area contributed by atoms with Crippen molar-refractivity contribution in [3.05, 3.63) is 40.1 Å². The van der Waals surface area contributed by atoms with Gasteiger partial charge in [-0.1, -0.05) is 11.2 Å². The first-order valence-electron chi connectivity index (χ1n) is 5.69. The summed E-state index contributed by atoms with van der Waals surface area (Å²) in [5.41, 5.74) is 5.36. The monoisotopic (exact) mass is 245 g/mol. The van der Waals surface area contributed by atoms with Crippen LogP contribution in [0.3, 0.4) is 0 Å². The van der Waals surface area contributed by atoms with E-state index >= 15 is 0 Å². The van der Waals surface area contributed by atoms with Crippen LogP contribution in [-0.4, -0.2) is 16.2 Å². The van der Waals surface area contributed by atoms with Crippen LogP contribution in [0.15, 0.2) is 16.7 Å². The van der Waals surface area contributed by atoms with E-state index in [9.17, 15) is 4.79 Å². The van der Waals surface area contributed by atoms with Crippen LogP contribution in [0.4, 0.5) is 0 Å². The molecular formula is C14H15NO3. The summed E-state index contributed by atoms with van der Waals surface area (Å²) in [5.74, 6) is -0.570. The summed E-state index contributed by atoms with van der Waals surface area (Å²) in [6.07, 6.45) is 0. The molecule has 0 spiro atoms. The second-order valence-corrected chi connectivity index (χ2v) is 4.52. The Bertz CT molecular complexity index is 600. The number of hydrogen-bond acceptors (Lipinski definition) is 3. The van der Waals surface area contributed by atoms with E-state index in [0.29, 0.717) is 5.76 Å². The predicted molar refractivity (Wildman–Crippen MR) is 67.8 cm³/mol. The summed E-state index contributed by atoms with van der Waals surface area (Å²) in [6, 6.07) is 3.58. The van der Waals surface area contributed by atoms with Crippen molar-refractivity contribution in [2.24, 2.45) is 0 Å². The summed E-state index contributed by atoms with van der Waals surface area (Å²) in [7, 11) is 0. The van der Waals surface area contributed by atoms with Crippen molar-refractivity contribution in [3.63, 3.8) is 0 Å². The number of rotatable bonds is 2. The minimum absolute atomic E-state index is 0.0667. The third-order valence-corrected chi connectivity index (χ3v) is 3.34. The molecule has 1 aromatic heterocycles. The Balaban J connectivity index is 2.66. The maximum atomic E-state index is 10.8. The quantitative estimate of drug-likeness (QED) is 0.881. The number of carboxylic acid groups (broad SMARTS) is 1. The predicted octanol–water partition coefficient (Wildman–Crippen LogP) is 3.27. The van der Waals surface area contributed by atoms with Crippen molar-refractivity contribution >= 4 is 5.97 Å². The maximum Gasteiger partial charge on any atom is 0.358 e. The van der Waals surface area contributed by atoms with Crippen molar-refractivity contribution in [3.8, 4) is 11.3 Å². The van der Waals surface area contributed by atoms with E-state index in [4.69, 9.17) is 9.63 Å². The highest BCUT2D eigenvalue weighted by molar-refractivity contribution is 5.87. The standard InChI is InChI=1S/C14H15NO3/c1-7-5-8(2)10(4)13(9(7)3)12-6-11(14(16)17)15-18-12/h5-6H,1-4H3,(H,16,17). The van der Waals surface area contributed by atoms with Crippen molar-refractivity contribution in [2.75, 3.05) is 0 Å². The van der Waals surface area contributed by atoms with Crippen LogP contribution < -0.4 is 0 Å². The number of aromatic carboxylic acids is 1. The Kier molecular flexibility index (Phi) is 2.95. The Morgan fingerprint density at radius 3 is 2.11 bits per heavy atom. The minimum Gasteiger partial charge on any atom is -0.476 e. The van der Waals surface area contributed by atoms with E-state index < -0.39 is 5.97 Å². The molecule has 0 bridgehead atoms. The molecule has 94 valence electrons. The van der Waals surface area contributed by atoms with Crippen LogP contribution in [0.1, 0.15) is 32.7 Å². The lowest BCUT2D eigenvalue weighted by molar-refractivity contribution is 0.0686. The minimum atomic E-state index is -1.08. The Hall–Kier alpha value is -2.10. The number of benzene rings is 1. The molecule has 1 heterocycles. The number of aryl methyl sites for hydroxylation is 2. The highest BCUT2D eigenvalue weighted by atomic mass is 16.5. The molecule has 0 aliphatic carbocycles. The second kappa shape index (κ2) is 4.29. The zero-order chi connectivity index (χ0) is 13.4. The first-order chi connectivity index (χ1) is 8.41. The van der Waals surface area contributed by atoms with E-state index in [1.165, 1.54) is 6.07 Å². The molecule has 0 fully saturated rings. The molecule has 4 heteroatoms. The molecule has 0 aliphatic rings. The maximum absolute atomic E-state index is 10.8. The van der Waals surface area contributed by atoms with Crippen LogP contribution in [0.2, 0.25) is 0 Å². The molecule has 0 saturated heterocycles. The van der Waals surface area contributed by atoms with E-state index in [0.717, 1.165) is 27.8 Å². The number of nitrogens with zero attached hydrogens (tertiary/aromatic N) is 1. The third kappa shape index (κ3) is 1.90. The van der Waals surface area contributed by atoms with E-state index in [2.05, 4.69) is 11.2 Å². The van der Waals surface area contributed by atoms with Gasteiger partial charge in [0.05, 0.1) is 0 Å². The molecular weight excluding hydrogens is 230 g/mol. The first-order valence-corrected chi connectivity index (χ1v) is 5.69. The Morgan fingerprint density at radius 2 is 1.67 bits per heavy atom. The summed E-state index contributed by atoms with van der Waals surface area (Å²) in [6.45, 7) is 8.06. The fourth-order valence-electron chi connectivity index (χ4n) is 2.08. The van der Waals surface area contributed by atoms with Gasteiger partial charge in [0.1, 0.15) is 0 Å². The van der Waals surface area contributed by atoms with Gasteiger partial charge in [0.25, 0.3) is 0 Å². The molecule has 0 radical (unpaired) electrons. The summed E-state index contributed by atoms with van der Waals surface area (Å²) in [5, 5.41) is 12.4. The summed E-state index contributed by atoms with van der Waals surface area (Å²) < 4.78 is 5.15. The molecule has 2 aromatic rings. The lowest BCUT2D eigenvalue weighted by Gasteiger charge is -2.12. The molecule has 1 aromatic carbocycles. The lowest BCUT2D eigenvalue weighted by atomic mass is 9.93. The van der Waals surface area contributed by atoms with Crippen molar-refractivity contribution in [2.45, 2.75) is 27.7 Å². The van der Waals surface area contributed by atoms with Gasteiger partial charge in [-0.05, 0) is 49.9 Å². The van der Waals surface area contributed by atoms with Crippen LogP contribution in [0.5, 0.6) is 0 Å². The summed E-state index contributed by atoms with van der Waals surface area (Å²) in [4.78, 5) is 10.8. The molecule has 2 rings (SSSR count). The molecule has 0 amide bonds. The fourth-order valence-corrected chi connectivity index (χ4v) is 2.08. The highest BCUT2D eigenvalue weighted by Gasteiger charge is 2.17. The third-order valence-electron chi connectivity index (χ3n) is 3.34. The van der Waals surface area contributed by atoms with E-state index in [1.54, 1.807) is 0 Å². The summed E-state index contributed by atoms with van der Waals surface area (Å²) >= 11 is 0. The van der Waals surface area contributed by atoms with Crippen LogP contribution in [-0.2, 0) is 0 Å². The molecule has 18 heavy (non-hydrogen) atoms. The van der Waals surface area contributed by atoms with Gasteiger partial charge < -0.3 is 9.63 Å². The lowest BCUT2D eigenvalue weighted by Crippen LogP contribution is -1.95. The van der Waals surface area contributed by atoms with Gasteiger partial charge in [-0.3, -0.25) is 0 Å². The molecule has 0 aliphatic heterocycles. The average molecular weight is 245 g/mol.